The third-order valence-corrected chi connectivity index (χ3v) is 5.28. The van der Waals surface area contributed by atoms with Crippen molar-refractivity contribution in [3.05, 3.63) is 106 Å². The van der Waals surface area contributed by atoms with Gasteiger partial charge in [-0.2, -0.15) is 0 Å². The Morgan fingerprint density at radius 2 is 1.48 bits per heavy atom. The topological polar surface area (TPSA) is 64.8 Å². The molecule has 140 valence electrons. The number of rotatable bonds is 3. The number of benzene rings is 2. The molecule has 0 atom stereocenters. The molecule has 0 saturated heterocycles. The third-order valence-electron chi connectivity index (χ3n) is 5.28. The number of pyridine rings is 1. The number of ketones is 3. The van der Waals surface area contributed by atoms with Crippen LogP contribution in [0, 0.1) is 0 Å². The van der Waals surface area contributed by atoms with Gasteiger partial charge in [0.1, 0.15) is 11.4 Å². The molecule has 0 bridgehead atoms. The second-order valence-corrected chi connectivity index (χ2v) is 6.82. The Hall–Kier alpha value is -3.99. The zero-order chi connectivity index (χ0) is 20.1. The van der Waals surface area contributed by atoms with Crippen molar-refractivity contribution < 1.29 is 19.1 Å². The smallest absolute Gasteiger partial charge is 0.211 e. The Balaban J connectivity index is 1.80. The normalized spacial score (nSPS) is 12.6. The molecular weight excluding hydrogens is 366 g/mol. The first-order valence-electron chi connectivity index (χ1n) is 9.12. The Labute approximate surface area is 166 Å². The fourth-order valence-electron chi connectivity index (χ4n) is 3.91. The Morgan fingerprint density at radius 1 is 0.828 bits per heavy atom. The van der Waals surface area contributed by atoms with Crippen molar-refractivity contribution in [3.63, 3.8) is 0 Å². The molecule has 29 heavy (non-hydrogen) atoms. The molecule has 0 saturated carbocycles. The van der Waals surface area contributed by atoms with Crippen LogP contribution in [0.25, 0.3) is 5.52 Å². The van der Waals surface area contributed by atoms with Gasteiger partial charge in [-0.3, -0.25) is 14.4 Å². The van der Waals surface area contributed by atoms with Gasteiger partial charge >= 0.3 is 0 Å². The zero-order valence-electron chi connectivity index (χ0n) is 15.5. The van der Waals surface area contributed by atoms with Gasteiger partial charge in [0.2, 0.25) is 5.78 Å². The van der Waals surface area contributed by atoms with Gasteiger partial charge < -0.3 is 9.14 Å². The van der Waals surface area contributed by atoms with Gasteiger partial charge in [0.15, 0.2) is 11.6 Å². The van der Waals surface area contributed by atoms with Crippen molar-refractivity contribution in [1.29, 1.82) is 0 Å². The maximum Gasteiger partial charge on any atom is 0.211 e. The van der Waals surface area contributed by atoms with Crippen LogP contribution in [0.15, 0.2) is 72.9 Å². The van der Waals surface area contributed by atoms with Gasteiger partial charge in [-0.05, 0) is 36.4 Å². The van der Waals surface area contributed by atoms with Crippen LogP contribution in [0.5, 0.6) is 5.75 Å². The van der Waals surface area contributed by atoms with E-state index in [1.807, 2.05) is 0 Å². The van der Waals surface area contributed by atoms with Crippen LogP contribution in [0.1, 0.15) is 47.9 Å². The third kappa shape index (κ3) is 2.37. The van der Waals surface area contributed by atoms with Crippen LogP contribution < -0.4 is 4.74 Å². The van der Waals surface area contributed by atoms with Crippen molar-refractivity contribution in [2.24, 2.45) is 0 Å². The highest BCUT2D eigenvalue weighted by Gasteiger charge is 2.37. The van der Waals surface area contributed by atoms with E-state index < -0.39 is 0 Å². The molecule has 4 aromatic rings. The first kappa shape index (κ1) is 17.1. The fraction of sp³-hybridized carbons (Fsp3) is 0.0417. The summed E-state index contributed by atoms with van der Waals surface area (Å²) in [6.07, 6.45) is 1.71. The van der Waals surface area contributed by atoms with Crippen LogP contribution in [-0.2, 0) is 0 Å². The minimum atomic E-state index is -0.309. The second kappa shape index (κ2) is 6.27. The number of fused-ring (bicyclic) bond motifs is 4. The molecule has 0 amide bonds. The summed E-state index contributed by atoms with van der Waals surface area (Å²) in [5.41, 5.74) is 2.29. The number of hydrogen-bond acceptors (Lipinski definition) is 4. The molecular formula is C24H15NO4. The number of ether oxygens (including phenoxy) is 1. The van der Waals surface area contributed by atoms with Crippen LogP contribution >= 0.6 is 0 Å². The summed E-state index contributed by atoms with van der Waals surface area (Å²) < 4.78 is 6.80. The minimum Gasteiger partial charge on any atom is -0.497 e. The zero-order valence-corrected chi connectivity index (χ0v) is 15.5. The number of carbonyl (C=O) groups excluding carboxylic acids is 3. The van der Waals surface area contributed by atoms with Gasteiger partial charge in [0, 0.05) is 22.9 Å². The highest BCUT2D eigenvalue weighted by molar-refractivity contribution is 6.33. The Bertz CT molecular complexity index is 1330. The van der Waals surface area contributed by atoms with E-state index in [2.05, 4.69) is 0 Å². The highest BCUT2D eigenvalue weighted by Crippen LogP contribution is 2.35. The predicted octanol–water partition coefficient (Wildman–Crippen LogP) is 3.95. The number of hydrogen-bond donors (Lipinski definition) is 0. The minimum absolute atomic E-state index is 0.167. The van der Waals surface area contributed by atoms with Gasteiger partial charge in [-0.1, -0.05) is 30.3 Å². The summed E-state index contributed by atoms with van der Waals surface area (Å²) in [5.74, 6) is -0.246. The number of aromatic nitrogens is 1. The largest absolute Gasteiger partial charge is 0.497 e. The van der Waals surface area contributed by atoms with E-state index >= 15 is 0 Å². The molecule has 2 heterocycles. The lowest BCUT2D eigenvalue weighted by atomic mass is 9.85. The quantitative estimate of drug-likeness (QED) is 0.444. The molecule has 0 N–H and O–H groups in total. The molecule has 0 unspecified atom stereocenters. The van der Waals surface area contributed by atoms with Crippen LogP contribution in [-0.4, -0.2) is 28.9 Å². The monoisotopic (exact) mass is 381 g/mol. The molecule has 5 rings (SSSR count). The number of carbonyl (C=O) groups is 3. The summed E-state index contributed by atoms with van der Waals surface area (Å²) in [6.45, 7) is 0. The van der Waals surface area contributed by atoms with E-state index in [9.17, 15) is 14.4 Å². The summed E-state index contributed by atoms with van der Waals surface area (Å²) in [5, 5.41) is 0. The van der Waals surface area contributed by atoms with Crippen LogP contribution in [0.4, 0.5) is 0 Å². The van der Waals surface area contributed by atoms with Crippen molar-refractivity contribution in [2.75, 3.05) is 7.11 Å². The van der Waals surface area contributed by atoms with Crippen molar-refractivity contribution >= 4 is 22.9 Å². The molecule has 0 radical (unpaired) electrons. The molecule has 5 heteroatoms. The first-order chi connectivity index (χ1) is 14.1. The molecule has 1 aliphatic rings. The summed E-state index contributed by atoms with van der Waals surface area (Å²) in [7, 11) is 1.55. The lowest BCUT2D eigenvalue weighted by Crippen LogP contribution is -2.22. The molecule has 0 spiro atoms. The lowest BCUT2D eigenvalue weighted by Gasteiger charge is -2.15. The van der Waals surface area contributed by atoms with Crippen molar-refractivity contribution in [1.82, 2.24) is 4.40 Å². The Morgan fingerprint density at radius 3 is 2.17 bits per heavy atom. The first-order valence-corrected chi connectivity index (χ1v) is 9.12. The van der Waals surface area contributed by atoms with E-state index in [0.29, 0.717) is 28.0 Å². The predicted molar refractivity (Wildman–Crippen MR) is 107 cm³/mol. The molecule has 0 fully saturated rings. The van der Waals surface area contributed by atoms with E-state index in [4.69, 9.17) is 4.74 Å². The van der Waals surface area contributed by atoms with Gasteiger partial charge in [-0.15, -0.1) is 0 Å². The van der Waals surface area contributed by atoms with E-state index in [-0.39, 0.29) is 34.2 Å². The van der Waals surface area contributed by atoms with Crippen LogP contribution in [0.3, 0.4) is 0 Å². The summed E-state index contributed by atoms with van der Waals surface area (Å²) >= 11 is 0. The van der Waals surface area contributed by atoms with E-state index in [1.54, 1.807) is 84.4 Å². The molecule has 1 aliphatic carbocycles. The van der Waals surface area contributed by atoms with E-state index in [0.717, 1.165) is 0 Å². The second-order valence-electron chi connectivity index (χ2n) is 6.82. The van der Waals surface area contributed by atoms with Crippen molar-refractivity contribution in [2.45, 2.75) is 0 Å². The maximum atomic E-state index is 13.4. The highest BCUT2D eigenvalue weighted by atomic mass is 16.5. The molecule has 5 nitrogen and oxygen atoms in total. The van der Waals surface area contributed by atoms with Gasteiger partial charge in [0.05, 0.1) is 23.8 Å². The van der Waals surface area contributed by atoms with Crippen molar-refractivity contribution in [3.8, 4) is 5.75 Å². The Kier molecular flexibility index (Phi) is 3.71. The molecule has 2 aromatic carbocycles. The van der Waals surface area contributed by atoms with Crippen LogP contribution in [0.2, 0.25) is 0 Å². The van der Waals surface area contributed by atoms with Gasteiger partial charge in [0.25, 0.3) is 0 Å². The molecule has 0 aliphatic heterocycles. The standard InChI is InChI=1S/C24H15NO4/c1-29-15-11-9-14(10-12-15)22(26)19-18-8-4-5-13-25(18)21-20(19)23(27)16-6-2-3-7-17(16)24(21)28/h2-13H,1H3. The fourth-order valence-corrected chi connectivity index (χ4v) is 3.91. The number of nitrogens with zero attached hydrogens (tertiary/aromatic N) is 1. The van der Waals surface area contributed by atoms with Gasteiger partial charge in [-0.25, -0.2) is 0 Å². The maximum absolute atomic E-state index is 13.4. The SMILES string of the molecule is COc1ccc(C(=O)c2c3c(n4ccccc24)C(=O)c2ccccc2C3=O)cc1. The summed E-state index contributed by atoms with van der Waals surface area (Å²) in [4.78, 5) is 40.0. The average molecular weight is 381 g/mol. The summed E-state index contributed by atoms with van der Waals surface area (Å²) in [6, 6.07) is 18.7. The average Bonchev–Trinajstić information content (AvgIpc) is 3.13. The van der Waals surface area contributed by atoms with E-state index in [1.165, 1.54) is 0 Å². The molecule has 2 aromatic heterocycles. The number of methoxy groups -OCH3 is 1. The lowest BCUT2D eigenvalue weighted by molar-refractivity contribution is 0.0970.